The van der Waals surface area contributed by atoms with E-state index in [0.717, 1.165) is 18.8 Å². The SMILES string of the molecule is C[C@H]1CCC(C=O)C[C@H](S(=O)(=O)c2cc(C(=O)Nc3cc(F)c(F)c(F)c3)ccc2Cl)C1. The summed E-state index contributed by atoms with van der Waals surface area (Å²) in [7, 11) is -3.98. The highest BCUT2D eigenvalue weighted by atomic mass is 35.5. The van der Waals surface area contributed by atoms with Crippen LogP contribution in [0.4, 0.5) is 18.9 Å². The van der Waals surface area contributed by atoms with Crippen molar-refractivity contribution in [3.05, 3.63) is 58.4 Å². The number of amides is 1. The molecule has 1 amide bonds. The lowest BCUT2D eigenvalue weighted by Gasteiger charge is -2.20. The van der Waals surface area contributed by atoms with E-state index in [4.69, 9.17) is 11.6 Å². The fourth-order valence-corrected chi connectivity index (χ4v) is 6.38. The summed E-state index contributed by atoms with van der Waals surface area (Å²) in [4.78, 5) is 23.6. The van der Waals surface area contributed by atoms with Crippen molar-refractivity contribution in [2.24, 2.45) is 11.8 Å². The maximum atomic E-state index is 13.4. The zero-order chi connectivity index (χ0) is 23.6. The van der Waals surface area contributed by atoms with Gasteiger partial charge in [-0.15, -0.1) is 0 Å². The molecule has 10 heteroatoms. The molecule has 2 aromatic carbocycles. The Morgan fingerprint density at radius 1 is 1.09 bits per heavy atom. The second kappa shape index (κ2) is 9.62. The molecule has 172 valence electrons. The molecule has 1 N–H and O–H groups in total. The van der Waals surface area contributed by atoms with Gasteiger partial charge < -0.3 is 10.1 Å². The number of nitrogens with one attached hydrogen (secondary N) is 1. The van der Waals surface area contributed by atoms with E-state index in [1.165, 1.54) is 12.1 Å². The van der Waals surface area contributed by atoms with Crippen molar-refractivity contribution in [3.63, 3.8) is 0 Å². The highest BCUT2D eigenvalue weighted by Crippen LogP contribution is 2.35. The van der Waals surface area contributed by atoms with Crippen molar-refractivity contribution < 1.29 is 31.2 Å². The summed E-state index contributed by atoms with van der Waals surface area (Å²) in [6.45, 7) is 1.92. The molecule has 3 atom stereocenters. The predicted octanol–water partition coefficient (Wildman–Crippen LogP) is 5.18. The third kappa shape index (κ3) is 5.15. The zero-order valence-electron chi connectivity index (χ0n) is 17.1. The summed E-state index contributed by atoms with van der Waals surface area (Å²) in [6.07, 6.45) is 2.63. The van der Waals surface area contributed by atoms with Gasteiger partial charge in [0.25, 0.3) is 5.91 Å². The lowest BCUT2D eigenvalue weighted by Crippen LogP contribution is -2.25. The number of anilines is 1. The predicted molar refractivity (Wildman–Crippen MR) is 114 cm³/mol. The van der Waals surface area contributed by atoms with Gasteiger partial charge in [-0.1, -0.05) is 18.5 Å². The fourth-order valence-electron chi connectivity index (χ4n) is 3.87. The van der Waals surface area contributed by atoms with Crippen molar-refractivity contribution in [1.82, 2.24) is 0 Å². The number of benzene rings is 2. The Kier molecular flexibility index (Phi) is 7.29. The molecule has 1 aliphatic rings. The summed E-state index contributed by atoms with van der Waals surface area (Å²) < 4.78 is 66.6. The molecule has 0 aromatic heterocycles. The van der Waals surface area contributed by atoms with Gasteiger partial charge in [0.05, 0.1) is 15.2 Å². The molecule has 1 fully saturated rings. The number of rotatable bonds is 5. The summed E-state index contributed by atoms with van der Waals surface area (Å²) >= 11 is 6.15. The second-order valence-corrected chi connectivity index (χ2v) is 10.7. The largest absolute Gasteiger partial charge is 0.322 e. The van der Waals surface area contributed by atoms with Crippen LogP contribution < -0.4 is 5.32 Å². The molecule has 0 radical (unpaired) electrons. The highest BCUT2D eigenvalue weighted by molar-refractivity contribution is 7.92. The Morgan fingerprint density at radius 2 is 1.75 bits per heavy atom. The Morgan fingerprint density at radius 3 is 2.38 bits per heavy atom. The maximum absolute atomic E-state index is 13.4. The lowest BCUT2D eigenvalue weighted by molar-refractivity contribution is -0.111. The number of halogens is 4. The first kappa shape index (κ1) is 24.3. The van der Waals surface area contributed by atoms with Crippen LogP contribution >= 0.6 is 11.6 Å². The molecular weight excluding hydrogens is 467 g/mol. The van der Waals surface area contributed by atoms with Crippen molar-refractivity contribution in [3.8, 4) is 0 Å². The van der Waals surface area contributed by atoms with Gasteiger partial charge in [-0.25, -0.2) is 21.6 Å². The number of carbonyl (C=O) groups excluding carboxylic acids is 2. The van der Waals surface area contributed by atoms with Crippen LogP contribution in [0, 0.1) is 29.3 Å². The Labute approximate surface area is 188 Å². The zero-order valence-corrected chi connectivity index (χ0v) is 18.7. The summed E-state index contributed by atoms with van der Waals surface area (Å²) in [6, 6.07) is 4.81. The summed E-state index contributed by atoms with van der Waals surface area (Å²) in [5.74, 6) is -5.78. The number of carbonyl (C=O) groups is 2. The molecule has 0 aliphatic heterocycles. The summed E-state index contributed by atoms with van der Waals surface area (Å²) in [5, 5.41) is 1.28. The van der Waals surface area contributed by atoms with Crippen LogP contribution in [-0.2, 0) is 14.6 Å². The molecule has 5 nitrogen and oxygen atoms in total. The number of hydrogen-bond acceptors (Lipinski definition) is 4. The standard InChI is InChI=1S/C22H21ClF3NO4S/c1-12-2-3-13(11-28)7-16(6-12)32(30,31)20-8-14(4-5-17(20)23)22(29)27-15-9-18(24)21(26)19(25)10-15/h4-5,8-13,16H,2-3,6-7H2,1H3,(H,27,29)/t12-,13?,16+/m0/s1. The van der Waals surface area contributed by atoms with Gasteiger partial charge in [0.1, 0.15) is 6.29 Å². The topological polar surface area (TPSA) is 80.3 Å². The van der Waals surface area contributed by atoms with Crippen LogP contribution in [0.5, 0.6) is 0 Å². The van der Waals surface area contributed by atoms with Crippen LogP contribution in [0.2, 0.25) is 5.02 Å². The minimum absolute atomic E-state index is 0.0834. The lowest BCUT2D eigenvalue weighted by atomic mass is 10.0. The van der Waals surface area contributed by atoms with Crippen LogP contribution in [0.1, 0.15) is 43.0 Å². The normalized spacial score (nSPS) is 21.6. The molecule has 32 heavy (non-hydrogen) atoms. The van der Waals surface area contributed by atoms with Gasteiger partial charge in [0.15, 0.2) is 27.3 Å². The molecule has 1 unspecified atom stereocenters. The van der Waals surface area contributed by atoms with Crippen molar-refractivity contribution in [2.75, 3.05) is 5.32 Å². The monoisotopic (exact) mass is 487 g/mol. The quantitative estimate of drug-likeness (QED) is 0.358. The van der Waals surface area contributed by atoms with Crippen LogP contribution in [0.3, 0.4) is 0 Å². The van der Waals surface area contributed by atoms with E-state index in [1.807, 2.05) is 6.92 Å². The van der Waals surface area contributed by atoms with E-state index in [0.29, 0.717) is 25.0 Å². The smallest absolute Gasteiger partial charge is 0.255 e. The average molecular weight is 488 g/mol. The van der Waals surface area contributed by atoms with Gasteiger partial charge in [-0.05, 0) is 49.8 Å². The highest BCUT2D eigenvalue weighted by Gasteiger charge is 2.35. The van der Waals surface area contributed by atoms with Gasteiger partial charge in [-0.3, -0.25) is 4.79 Å². The molecule has 1 aliphatic carbocycles. The Hall–Kier alpha value is -2.39. The Balaban J connectivity index is 1.92. The van der Waals surface area contributed by atoms with Crippen molar-refractivity contribution >= 4 is 39.3 Å². The first-order valence-corrected chi connectivity index (χ1v) is 11.9. The van der Waals surface area contributed by atoms with Crippen LogP contribution in [0.25, 0.3) is 0 Å². The maximum Gasteiger partial charge on any atom is 0.255 e. The number of hydrogen-bond donors (Lipinski definition) is 1. The second-order valence-electron chi connectivity index (χ2n) is 8.07. The van der Waals surface area contributed by atoms with E-state index in [9.17, 15) is 31.2 Å². The van der Waals surface area contributed by atoms with E-state index >= 15 is 0 Å². The van der Waals surface area contributed by atoms with E-state index in [1.54, 1.807) is 0 Å². The number of sulfone groups is 1. The molecule has 0 spiro atoms. The minimum atomic E-state index is -3.98. The van der Waals surface area contributed by atoms with Crippen LogP contribution in [-0.4, -0.2) is 25.9 Å². The van der Waals surface area contributed by atoms with Gasteiger partial charge >= 0.3 is 0 Å². The number of aldehydes is 1. The molecular formula is C22H21ClF3NO4S. The van der Waals surface area contributed by atoms with Gasteiger partial charge in [-0.2, -0.15) is 0 Å². The average Bonchev–Trinajstić information content (AvgIpc) is 2.93. The van der Waals surface area contributed by atoms with E-state index in [2.05, 4.69) is 5.32 Å². The first-order chi connectivity index (χ1) is 15.0. The molecule has 1 saturated carbocycles. The van der Waals surface area contributed by atoms with Gasteiger partial charge in [0.2, 0.25) is 0 Å². The van der Waals surface area contributed by atoms with E-state index < -0.39 is 38.4 Å². The third-order valence-electron chi connectivity index (χ3n) is 5.63. The molecule has 2 aromatic rings. The summed E-state index contributed by atoms with van der Waals surface area (Å²) in [5.41, 5.74) is -0.455. The molecule has 0 bridgehead atoms. The van der Waals surface area contributed by atoms with E-state index in [-0.39, 0.29) is 39.4 Å². The fraction of sp³-hybridized carbons (Fsp3) is 0.364. The molecule has 0 heterocycles. The molecule has 3 rings (SSSR count). The first-order valence-electron chi connectivity index (χ1n) is 9.97. The minimum Gasteiger partial charge on any atom is -0.322 e. The Bertz CT molecular complexity index is 1130. The van der Waals surface area contributed by atoms with Crippen LogP contribution in [0.15, 0.2) is 35.2 Å². The van der Waals surface area contributed by atoms with Crippen molar-refractivity contribution in [2.45, 2.75) is 42.8 Å². The van der Waals surface area contributed by atoms with Crippen molar-refractivity contribution in [1.29, 1.82) is 0 Å². The van der Waals surface area contributed by atoms with Gasteiger partial charge in [0, 0.05) is 29.3 Å². The third-order valence-corrected chi connectivity index (χ3v) is 8.29. The molecule has 0 saturated heterocycles.